The van der Waals surface area contributed by atoms with Crippen molar-refractivity contribution in [1.29, 1.82) is 0 Å². The monoisotopic (exact) mass is 220 g/mol. The van der Waals surface area contributed by atoms with Gasteiger partial charge in [0.25, 0.3) is 0 Å². The summed E-state index contributed by atoms with van der Waals surface area (Å²) in [6, 6.07) is 1.77. The van der Waals surface area contributed by atoms with Crippen LogP contribution >= 0.6 is 0 Å². The Morgan fingerprint density at radius 3 is 2.69 bits per heavy atom. The summed E-state index contributed by atoms with van der Waals surface area (Å²) in [5, 5.41) is 5.94. The van der Waals surface area contributed by atoms with Crippen LogP contribution in [0.5, 0.6) is 0 Å². The van der Waals surface area contributed by atoms with Gasteiger partial charge < -0.3 is 10.6 Å². The molecule has 0 saturated heterocycles. The highest BCUT2D eigenvalue weighted by atomic mass is 16.1. The summed E-state index contributed by atoms with van der Waals surface area (Å²) < 4.78 is 0. The fraction of sp³-hybridized carbons (Fsp3) is 0.545. The molecule has 2 N–H and O–H groups in total. The zero-order valence-corrected chi connectivity index (χ0v) is 9.15. The van der Waals surface area contributed by atoms with Gasteiger partial charge in [0.1, 0.15) is 0 Å². The summed E-state index contributed by atoms with van der Waals surface area (Å²) >= 11 is 0. The molecule has 16 heavy (non-hydrogen) atoms. The Morgan fingerprint density at radius 1 is 1.31 bits per heavy atom. The van der Waals surface area contributed by atoms with Gasteiger partial charge in [-0.2, -0.15) is 0 Å². The van der Waals surface area contributed by atoms with Gasteiger partial charge in [0, 0.05) is 31.4 Å². The fourth-order valence-electron chi connectivity index (χ4n) is 1.57. The Morgan fingerprint density at radius 2 is 2.06 bits per heavy atom. The van der Waals surface area contributed by atoms with Crippen molar-refractivity contribution in [2.45, 2.75) is 19.3 Å². The summed E-state index contributed by atoms with van der Waals surface area (Å²) in [5.41, 5.74) is 0. The number of hydrogen-bond acceptors (Lipinski definition) is 4. The van der Waals surface area contributed by atoms with Gasteiger partial charge in [0.2, 0.25) is 11.9 Å². The number of nitrogens with zero attached hydrogens (tertiary/aromatic N) is 2. The van der Waals surface area contributed by atoms with Crippen molar-refractivity contribution < 1.29 is 4.79 Å². The van der Waals surface area contributed by atoms with Gasteiger partial charge in [-0.25, -0.2) is 9.97 Å². The van der Waals surface area contributed by atoms with E-state index in [2.05, 4.69) is 20.6 Å². The minimum atomic E-state index is 0.182. The van der Waals surface area contributed by atoms with Crippen LogP contribution in [-0.2, 0) is 4.79 Å². The lowest BCUT2D eigenvalue weighted by Gasteiger charge is -2.23. The van der Waals surface area contributed by atoms with Crippen LogP contribution < -0.4 is 10.6 Å². The van der Waals surface area contributed by atoms with E-state index < -0.39 is 0 Å². The first kappa shape index (κ1) is 10.9. The lowest BCUT2D eigenvalue weighted by atomic mass is 9.85. The van der Waals surface area contributed by atoms with Crippen LogP contribution in [-0.4, -0.2) is 29.0 Å². The molecule has 1 aromatic heterocycles. The number of hydrogen-bond donors (Lipinski definition) is 2. The van der Waals surface area contributed by atoms with Gasteiger partial charge in [-0.1, -0.05) is 6.42 Å². The highest BCUT2D eigenvalue weighted by Gasteiger charge is 2.24. The maximum absolute atomic E-state index is 11.5. The largest absolute Gasteiger partial charge is 0.354 e. The van der Waals surface area contributed by atoms with Crippen molar-refractivity contribution in [2.24, 2.45) is 5.92 Å². The summed E-state index contributed by atoms with van der Waals surface area (Å²) in [6.45, 7) is 1.27. The average Bonchev–Trinajstić information content (AvgIpc) is 2.23. The number of aromatic nitrogens is 2. The number of nitrogens with one attached hydrogen (secondary N) is 2. The predicted octanol–water partition coefficient (Wildman–Crippen LogP) is 0.805. The molecule has 1 heterocycles. The van der Waals surface area contributed by atoms with Crippen LogP contribution in [0.15, 0.2) is 18.5 Å². The summed E-state index contributed by atoms with van der Waals surface area (Å²) in [6.07, 6.45) is 6.64. The van der Waals surface area contributed by atoms with Crippen LogP contribution in [0.25, 0.3) is 0 Å². The molecular weight excluding hydrogens is 204 g/mol. The molecule has 0 aliphatic heterocycles. The predicted molar refractivity (Wildman–Crippen MR) is 60.9 cm³/mol. The molecule has 5 nitrogen and oxygen atoms in total. The van der Waals surface area contributed by atoms with Gasteiger partial charge in [0.15, 0.2) is 0 Å². The Bertz CT molecular complexity index is 337. The molecule has 5 heteroatoms. The summed E-state index contributed by atoms with van der Waals surface area (Å²) in [7, 11) is 0. The molecule has 0 spiro atoms. The molecular formula is C11H16N4O. The SMILES string of the molecule is O=C(NCCNc1ncccn1)C1CCC1. The number of rotatable bonds is 5. The van der Waals surface area contributed by atoms with E-state index in [9.17, 15) is 4.79 Å². The Hall–Kier alpha value is -1.65. The minimum absolute atomic E-state index is 0.182. The molecule has 1 amide bonds. The first-order valence-electron chi connectivity index (χ1n) is 5.65. The maximum Gasteiger partial charge on any atom is 0.223 e. The van der Waals surface area contributed by atoms with Crippen molar-refractivity contribution in [1.82, 2.24) is 15.3 Å². The molecule has 1 aliphatic rings. The molecule has 0 radical (unpaired) electrons. The normalized spacial score (nSPS) is 15.2. The fourth-order valence-corrected chi connectivity index (χ4v) is 1.57. The minimum Gasteiger partial charge on any atom is -0.354 e. The van der Waals surface area contributed by atoms with Gasteiger partial charge in [0.05, 0.1) is 0 Å². The number of anilines is 1. The molecule has 86 valence electrons. The third-order valence-electron chi connectivity index (χ3n) is 2.75. The van der Waals surface area contributed by atoms with Crippen LogP contribution in [0.4, 0.5) is 5.95 Å². The first-order valence-corrected chi connectivity index (χ1v) is 5.65. The topological polar surface area (TPSA) is 66.9 Å². The van der Waals surface area contributed by atoms with Crippen molar-refractivity contribution in [3.63, 3.8) is 0 Å². The number of carbonyl (C=O) groups excluding carboxylic acids is 1. The molecule has 0 aromatic carbocycles. The zero-order chi connectivity index (χ0) is 11.2. The molecule has 1 aromatic rings. The van der Waals surface area contributed by atoms with Crippen molar-refractivity contribution in [3.8, 4) is 0 Å². The van der Waals surface area contributed by atoms with Crippen LogP contribution in [0.2, 0.25) is 0 Å². The second kappa shape index (κ2) is 5.44. The Labute approximate surface area is 94.7 Å². The maximum atomic E-state index is 11.5. The van der Waals surface area contributed by atoms with E-state index in [0.29, 0.717) is 19.0 Å². The number of carbonyl (C=O) groups is 1. The van der Waals surface area contributed by atoms with Gasteiger partial charge in [-0.05, 0) is 18.9 Å². The van der Waals surface area contributed by atoms with Gasteiger partial charge in [-0.3, -0.25) is 4.79 Å². The lowest BCUT2D eigenvalue weighted by Crippen LogP contribution is -2.37. The zero-order valence-electron chi connectivity index (χ0n) is 9.15. The molecule has 1 aliphatic carbocycles. The smallest absolute Gasteiger partial charge is 0.223 e. The summed E-state index contributed by atoms with van der Waals surface area (Å²) in [5.74, 6) is 1.04. The second-order valence-corrected chi connectivity index (χ2v) is 3.92. The van der Waals surface area contributed by atoms with Crippen LogP contribution in [0, 0.1) is 5.92 Å². The van der Waals surface area contributed by atoms with E-state index in [1.54, 1.807) is 18.5 Å². The quantitative estimate of drug-likeness (QED) is 0.720. The van der Waals surface area contributed by atoms with Gasteiger partial charge in [-0.15, -0.1) is 0 Å². The Kier molecular flexibility index (Phi) is 3.69. The average molecular weight is 220 g/mol. The Balaban J connectivity index is 1.60. The standard InChI is InChI=1S/C11H16N4O/c16-10(9-3-1-4-9)12-7-8-15-11-13-5-2-6-14-11/h2,5-6,9H,1,3-4,7-8H2,(H,12,16)(H,13,14,15). The highest BCUT2D eigenvalue weighted by Crippen LogP contribution is 2.25. The summed E-state index contributed by atoms with van der Waals surface area (Å²) in [4.78, 5) is 19.5. The molecule has 1 fully saturated rings. The van der Waals surface area contributed by atoms with Crippen molar-refractivity contribution in [2.75, 3.05) is 18.4 Å². The highest BCUT2D eigenvalue weighted by molar-refractivity contribution is 5.79. The van der Waals surface area contributed by atoms with E-state index in [0.717, 1.165) is 12.8 Å². The molecule has 0 unspecified atom stereocenters. The van der Waals surface area contributed by atoms with Crippen molar-refractivity contribution >= 4 is 11.9 Å². The van der Waals surface area contributed by atoms with Crippen LogP contribution in [0.3, 0.4) is 0 Å². The number of amides is 1. The molecule has 2 rings (SSSR count). The van der Waals surface area contributed by atoms with Gasteiger partial charge >= 0.3 is 0 Å². The van der Waals surface area contributed by atoms with E-state index >= 15 is 0 Å². The van der Waals surface area contributed by atoms with E-state index in [1.165, 1.54) is 6.42 Å². The van der Waals surface area contributed by atoms with E-state index in [4.69, 9.17) is 0 Å². The van der Waals surface area contributed by atoms with Crippen LogP contribution in [0.1, 0.15) is 19.3 Å². The molecule has 0 bridgehead atoms. The molecule has 0 atom stereocenters. The van der Waals surface area contributed by atoms with Crippen molar-refractivity contribution in [3.05, 3.63) is 18.5 Å². The van der Waals surface area contributed by atoms with E-state index in [1.807, 2.05) is 0 Å². The lowest BCUT2D eigenvalue weighted by molar-refractivity contribution is -0.127. The third-order valence-corrected chi connectivity index (χ3v) is 2.75. The second-order valence-electron chi connectivity index (χ2n) is 3.92. The third kappa shape index (κ3) is 2.92. The first-order chi connectivity index (χ1) is 7.86. The molecule has 1 saturated carbocycles. The van der Waals surface area contributed by atoms with E-state index in [-0.39, 0.29) is 11.8 Å².